The SMILES string of the molecule is CCCCN(CCO)CC1Cc2cc(C)ccc2O1. The Balaban J connectivity index is 1.90. The van der Waals surface area contributed by atoms with Crippen LogP contribution < -0.4 is 4.74 Å². The van der Waals surface area contributed by atoms with Crippen molar-refractivity contribution >= 4 is 0 Å². The highest BCUT2D eigenvalue weighted by Gasteiger charge is 2.24. The maximum atomic E-state index is 9.14. The maximum Gasteiger partial charge on any atom is 0.123 e. The summed E-state index contributed by atoms with van der Waals surface area (Å²) < 4.78 is 6.00. The van der Waals surface area contributed by atoms with Crippen LogP contribution in [0, 0.1) is 6.92 Å². The summed E-state index contributed by atoms with van der Waals surface area (Å²) in [6.45, 7) is 7.24. The first-order valence-corrected chi connectivity index (χ1v) is 7.32. The number of rotatable bonds is 7. The van der Waals surface area contributed by atoms with Crippen LogP contribution in [0.4, 0.5) is 0 Å². The van der Waals surface area contributed by atoms with Crippen molar-refractivity contribution in [3.8, 4) is 5.75 Å². The van der Waals surface area contributed by atoms with Crippen LogP contribution in [0.15, 0.2) is 18.2 Å². The third-order valence-corrected chi connectivity index (χ3v) is 3.66. The predicted octanol–water partition coefficient (Wildman–Crippen LogP) is 2.39. The van der Waals surface area contributed by atoms with Gasteiger partial charge < -0.3 is 9.84 Å². The lowest BCUT2D eigenvalue weighted by Crippen LogP contribution is -2.37. The first kappa shape index (κ1) is 14.4. The molecule has 0 fully saturated rings. The van der Waals surface area contributed by atoms with Gasteiger partial charge >= 0.3 is 0 Å². The van der Waals surface area contributed by atoms with Crippen molar-refractivity contribution in [1.82, 2.24) is 4.90 Å². The Hall–Kier alpha value is -1.06. The third kappa shape index (κ3) is 3.95. The molecule has 1 N–H and O–H groups in total. The monoisotopic (exact) mass is 263 g/mol. The minimum atomic E-state index is 0.225. The molecule has 0 aromatic heterocycles. The van der Waals surface area contributed by atoms with Gasteiger partial charge in [-0.05, 0) is 31.5 Å². The van der Waals surface area contributed by atoms with Crippen LogP contribution in [0.3, 0.4) is 0 Å². The van der Waals surface area contributed by atoms with Crippen LogP contribution >= 0.6 is 0 Å². The molecule has 1 aliphatic heterocycles. The molecule has 106 valence electrons. The van der Waals surface area contributed by atoms with Gasteiger partial charge in [-0.25, -0.2) is 0 Å². The van der Waals surface area contributed by atoms with Crippen LogP contribution in [0.25, 0.3) is 0 Å². The Morgan fingerprint density at radius 3 is 2.95 bits per heavy atom. The molecular formula is C16H25NO2. The number of aliphatic hydroxyl groups excluding tert-OH is 1. The third-order valence-electron chi connectivity index (χ3n) is 3.66. The molecule has 1 heterocycles. The van der Waals surface area contributed by atoms with E-state index in [1.807, 2.05) is 0 Å². The zero-order chi connectivity index (χ0) is 13.7. The normalized spacial score (nSPS) is 17.6. The molecule has 0 bridgehead atoms. The number of fused-ring (bicyclic) bond motifs is 1. The van der Waals surface area contributed by atoms with Gasteiger partial charge in [0.25, 0.3) is 0 Å². The highest BCUT2D eigenvalue weighted by atomic mass is 16.5. The topological polar surface area (TPSA) is 32.7 Å². The summed E-state index contributed by atoms with van der Waals surface area (Å²) in [7, 11) is 0. The molecule has 0 radical (unpaired) electrons. The Morgan fingerprint density at radius 1 is 1.37 bits per heavy atom. The summed E-state index contributed by atoms with van der Waals surface area (Å²) in [5.41, 5.74) is 2.62. The molecular weight excluding hydrogens is 238 g/mol. The number of ether oxygens (including phenoxy) is 1. The lowest BCUT2D eigenvalue weighted by molar-refractivity contribution is 0.128. The van der Waals surface area contributed by atoms with Gasteiger partial charge in [-0.2, -0.15) is 0 Å². The molecule has 0 spiro atoms. The molecule has 0 amide bonds. The number of aliphatic hydroxyl groups is 1. The fourth-order valence-corrected chi connectivity index (χ4v) is 2.66. The van der Waals surface area contributed by atoms with Crippen molar-refractivity contribution in [1.29, 1.82) is 0 Å². The van der Waals surface area contributed by atoms with Gasteiger partial charge in [-0.3, -0.25) is 4.90 Å². The van der Waals surface area contributed by atoms with E-state index in [1.165, 1.54) is 24.0 Å². The van der Waals surface area contributed by atoms with E-state index < -0.39 is 0 Å². The largest absolute Gasteiger partial charge is 0.488 e. The van der Waals surface area contributed by atoms with E-state index in [4.69, 9.17) is 9.84 Å². The number of aryl methyl sites for hydroxylation is 1. The molecule has 1 atom stereocenters. The molecule has 1 aromatic rings. The Morgan fingerprint density at radius 2 is 2.21 bits per heavy atom. The molecule has 0 saturated heterocycles. The number of hydrogen-bond donors (Lipinski definition) is 1. The van der Waals surface area contributed by atoms with Crippen molar-refractivity contribution in [2.45, 2.75) is 39.2 Å². The molecule has 1 aliphatic rings. The van der Waals surface area contributed by atoms with Crippen LogP contribution in [-0.2, 0) is 6.42 Å². The Labute approximate surface area is 116 Å². The van der Waals surface area contributed by atoms with Crippen molar-refractivity contribution < 1.29 is 9.84 Å². The van der Waals surface area contributed by atoms with Gasteiger partial charge in [-0.1, -0.05) is 31.0 Å². The molecule has 0 aliphatic carbocycles. The van der Waals surface area contributed by atoms with Gasteiger partial charge in [0.15, 0.2) is 0 Å². The highest BCUT2D eigenvalue weighted by Crippen LogP contribution is 2.29. The second kappa shape index (κ2) is 6.92. The lowest BCUT2D eigenvalue weighted by Gasteiger charge is -2.24. The van der Waals surface area contributed by atoms with E-state index in [0.717, 1.165) is 31.8 Å². The molecule has 3 nitrogen and oxygen atoms in total. The first-order chi connectivity index (χ1) is 9.22. The van der Waals surface area contributed by atoms with E-state index in [2.05, 4.69) is 36.9 Å². The van der Waals surface area contributed by atoms with Gasteiger partial charge in [0, 0.05) is 19.5 Å². The summed E-state index contributed by atoms with van der Waals surface area (Å²) >= 11 is 0. The van der Waals surface area contributed by atoms with Crippen molar-refractivity contribution in [3.05, 3.63) is 29.3 Å². The number of benzene rings is 1. The van der Waals surface area contributed by atoms with Crippen LogP contribution in [0.5, 0.6) is 5.75 Å². The van der Waals surface area contributed by atoms with Crippen molar-refractivity contribution in [3.63, 3.8) is 0 Å². The van der Waals surface area contributed by atoms with Gasteiger partial charge in [0.1, 0.15) is 11.9 Å². The standard InChI is InChI=1S/C16H25NO2/c1-3-4-7-17(8-9-18)12-15-11-14-10-13(2)5-6-16(14)19-15/h5-6,10,15,18H,3-4,7-9,11-12H2,1-2H3. The molecule has 1 aromatic carbocycles. The minimum absolute atomic E-state index is 0.225. The molecule has 0 saturated carbocycles. The molecule has 2 rings (SSSR count). The molecule has 1 unspecified atom stereocenters. The molecule has 19 heavy (non-hydrogen) atoms. The highest BCUT2D eigenvalue weighted by molar-refractivity contribution is 5.40. The summed E-state index contributed by atoms with van der Waals surface area (Å²) in [5, 5.41) is 9.14. The minimum Gasteiger partial charge on any atom is -0.488 e. The van der Waals surface area contributed by atoms with Crippen molar-refractivity contribution in [2.75, 3.05) is 26.2 Å². The Kier molecular flexibility index (Phi) is 5.23. The first-order valence-electron chi connectivity index (χ1n) is 7.32. The van der Waals surface area contributed by atoms with E-state index in [1.54, 1.807) is 0 Å². The zero-order valence-electron chi connectivity index (χ0n) is 12.1. The van der Waals surface area contributed by atoms with Crippen molar-refractivity contribution in [2.24, 2.45) is 0 Å². The van der Waals surface area contributed by atoms with E-state index in [0.29, 0.717) is 0 Å². The van der Waals surface area contributed by atoms with E-state index >= 15 is 0 Å². The van der Waals surface area contributed by atoms with Crippen LogP contribution in [0.2, 0.25) is 0 Å². The second-order valence-electron chi connectivity index (χ2n) is 5.43. The maximum absolute atomic E-state index is 9.14. The number of nitrogens with zero attached hydrogens (tertiary/aromatic N) is 1. The van der Waals surface area contributed by atoms with E-state index in [9.17, 15) is 0 Å². The number of hydrogen-bond acceptors (Lipinski definition) is 3. The average Bonchev–Trinajstić information content (AvgIpc) is 2.77. The fourth-order valence-electron chi connectivity index (χ4n) is 2.66. The fraction of sp³-hybridized carbons (Fsp3) is 0.625. The second-order valence-corrected chi connectivity index (χ2v) is 5.43. The smallest absolute Gasteiger partial charge is 0.123 e. The average molecular weight is 263 g/mol. The Bertz CT molecular complexity index is 406. The van der Waals surface area contributed by atoms with Gasteiger partial charge in [-0.15, -0.1) is 0 Å². The summed E-state index contributed by atoms with van der Waals surface area (Å²) in [6, 6.07) is 6.40. The quantitative estimate of drug-likeness (QED) is 0.820. The van der Waals surface area contributed by atoms with Gasteiger partial charge in [0.2, 0.25) is 0 Å². The summed E-state index contributed by atoms with van der Waals surface area (Å²) in [6.07, 6.45) is 3.59. The number of unbranched alkanes of at least 4 members (excludes halogenated alkanes) is 1. The summed E-state index contributed by atoms with van der Waals surface area (Å²) in [4.78, 5) is 2.31. The van der Waals surface area contributed by atoms with Crippen LogP contribution in [-0.4, -0.2) is 42.4 Å². The molecule has 3 heteroatoms. The van der Waals surface area contributed by atoms with Crippen LogP contribution in [0.1, 0.15) is 30.9 Å². The van der Waals surface area contributed by atoms with Gasteiger partial charge in [0.05, 0.1) is 6.61 Å². The summed E-state index contributed by atoms with van der Waals surface area (Å²) in [5.74, 6) is 1.04. The zero-order valence-corrected chi connectivity index (χ0v) is 12.1. The lowest BCUT2D eigenvalue weighted by atomic mass is 10.1. The predicted molar refractivity (Wildman–Crippen MR) is 77.7 cm³/mol. The van der Waals surface area contributed by atoms with E-state index in [-0.39, 0.29) is 12.7 Å².